The molecular weight excluding hydrogens is 208 g/mol. The largest absolute Gasteiger partial charge is 0.478 e. The van der Waals surface area contributed by atoms with Gasteiger partial charge in [-0.3, -0.25) is 0 Å². The van der Waals surface area contributed by atoms with E-state index in [9.17, 15) is 4.79 Å². The van der Waals surface area contributed by atoms with Crippen molar-refractivity contribution in [1.29, 1.82) is 0 Å². The number of hydrogen-bond acceptors (Lipinski definition) is 2. The highest BCUT2D eigenvalue weighted by molar-refractivity contribution is 6.73. The highest BCUT2D eigenvalue weighted by Gasteiger charge is 2.28. The van der Waals surface area contributed by atoms with Crippen LogP contribution in [0.15, 0.2) is 12.2 Å². The molecule has 0 aromatic carbocycles. The van der Waals surface area contributed by atoms with Crippen molar-refractivity contribution < 1.29 is 14.3 Å². The minimum atomic E-state index is -1.55. The predicted octanol–water partition coefficient (Wildman–Crippen LogP) is 3.04. The molecule has 0 bridgehead atoms. The van der Waals surface area contributed by atoms with E-state index < -0.39 is 14.3 Å². The van der Waals surface area contributed by atoms with Gasteiger partial charge in [0, 0.05) is 18.6 Å². The number of carbonyl (C=O) groups is 1. The number of aliphatic carboxylic acids is 1. The van der Waals surface area contributed by atoms with Gasteiger partial charge in [-0.05, 0) is 18.1 Å². The number of carboxylic acids is 1. The van der Waals surface area contributed by atoms with Crippen LogP contribution in [-0.4, -0.2) is 26.0 Å². The summed E-state index contributed by atoms with van der Waals surface area (Å²) in [6, 6.07) is 3.29. The van der Waals surface area contributed by atoms with E-state index in [0.717, 1.165) is 18.1 Å². The van der Waals surface area contributed by atoms with Gasteiger partial charge in [0.05, 0.1) is 0 Å². The summed E-state index contributed by atoms with van der Waals surface area (Å²) >= 11 is 0. The maximum absolute atomic E-state index is 10.5. The number of carboxylic acid groups (broad SMARTS) is 1. The van der Waals surface area contributed by atoms with Crippen molar-refractivity contribution in [2.75, 3.05) is 6.61 Å². The Kier molecular flexibility index (Phi) is 6.52. The van der Waals surface area contributed by atoms with E-state index in [1.54, 1.807) is 0 Å². The molecule has 0 atom stereocenters. The molecule has 3 nitrogen and oxygen atoms in total. The van der Waals surface area contributed by atoms with Crippen LogP contribution in [0.5, 0.6) is 0 Å². The summed E-state index contributed by atoms with van der Waals surface area (Å²) in [7, 11) is -1.55. The zero-order valence-electron chi connectivity index (χ0n) is 10.0. The fraction of sp³-hybridized carbons (Fsp3) is 0.727. The molecule has 1 N–H and O–H groups in total. The zero-order valence-corrected chi connectivity index (χ0v) is 11.0. The lowest BCUT2D eigenvalue weighted by molar-refractivity contribution is -0.132. The van der Waals surface area contributed by atoms with Crippen LogP contribution >= 0.6 is 0 Å². The molecule has 0 fully saturated rings. The van der Waals surface area contributed by atoms with E-state index >= 15 is 0 Å². The Morgan fingerprint density at radius 2 is 1.73 bits per heavy atom. The Morgan fingerprint density at radius 1 is 1.27 bits per heavy atom. The zero-order chi connectivity index (χ0) is 11.9. The fourth-order valence-electron chi connectivity index (χ4n) is 1.55. The number of rotatable bonds is 8. The second-order valence-electron chi connectivity index (χ2n) is 3.75. The summed E-state index contributed by atoms with van der Waals surface area (Å²) in [5, 5.41) is 8.64. The first kappa shape index (κ1) is 14.4. The molecule has 0 unspecified atom stereocenters. The van der Waals surface area contributed by atoms with Crippen molar-refractivity contribution >= 4 is 14.3 Å². The smallest absolute Gasteiger partial charge is 0.331 e. The van der Waals surface area contributed by atoms with Gasteiger partial charge in [0.2, 0.25) is 0 Å². The van der Waals surface area contributed by atoms with Gasteiger partial charge in [0.25, 0.3) is 0 Å². The minimum Gasteiger partial charge on any atom is -0.478 e. The summed E-state index contributed by atoms with van der Waals surface area (Å²) in [4.78, 5) is 10.5. The van der Waals surface area contributed by atoms with Gasteiger partial charge in [-0.1, -0.05) is 27.4 Å². The standard InChI is InChI=1S/C11H22O3Si/c1-5-15(6-2,7-3)14-9-8-10(4)11(12)13/h4-9H2,1-3H3,(H,12,13). The highest BCUT2D eigenvalue weighted by Crippen LogP contribution is 2.22. The third kappa shape index (κ3) is 4.62. The van der Waals surface area contributed by atoms with Crippen LogP contribution in [0, 0.1) is 0 Å². The van der Waals surface area contributed by atoms with E-state index in [1.165, 1.54) is 0 Å². The molecule has 0 aromatic heterocycles. The van der Waals surface area contributed by atoms with E-state index in [2.05, 4.69) is 27.4 Å². The first-order valence-corrected chi connectivity index (χ1v) is 8.09. The number of hydrogen-bond donors (Lipinski definition) is 1. The molecule has 0 aromatic rings. The van der Waals surface area contributed by atoms with Gasteiger partial charge in [-0.2, -0.15) is 0 Å². The van der Waals surface area contributed by atoms with E-state index in [0.29, 0.717) is 13.0 Å². The summed E-state index contributed by atoms with van der Waals surface area (Å²) < 4.78 is 5.91. The quantitative estimate of drug-likeness (QED) is 0.515. The highest BCUT2D eigenvalue weighted by atomic mass is 28.4. The third-order valence-electron chi connectivity index (χ3n) is 3.05. The van der Waals surface area contributed by atoms with Crippen LogP contribution in [0.25, 0.3) is 0 Å². The lowest BCUT2D eigenvalue weighted by atomic mass is 10.2. The first-order valence-electron chi connectivity index (χ1n) is 5.56. The fourth-order valence-corrected chi connectivity index (χ4v) is 4.20. The summed E-state index contributed by atoms with van der Waals surface area (Å²) in [6.45, 7) is 10.5. The van der Waals surface area contributed by atoms with Crippen LogP contribution < -0.4 is 0 Å². The van der Waals surface area contributed by atoms with Crippen LogP contribution in [0.4, 0.5) is 0 Å². The maximum atomic E-state index is 10.5. The minimum absolute atomic E-state index is 0.237. The molecule has 0 saturated carbocycles. The normalized spacial score (nSPS) is 11.4. The molecule has 0 spiro atoms. The maximum Gasteiger partial charge on any atom is 0.331 e. The lowest BCUT2D eigenvalue weighted by Crippen LogP contribution is -2.36. The van der Waals surface area contributed by atoms with Crippen molar-refractivity contribution in [3.05, 3.63) is 12.2 Å². The molecule has 0 rings (SSSR count). The summed E-state index contributed by atoms with van der Waals surface area (Å²) in [5.41, 5.74) is 0.237. The topological polar surface area (TPSA) is 46.5 Å². The Labute approximate surface area is 93.3 Å². The van der Waals surface area contributed by atoms with Crippen molar-refractivity contribution in [1.82, 2.24) is 0 Å². The Morgan fingerprint density at radius 3 is 2.07 bits per heavy atom. The molecule has 0 heterocycles. The van der Waals surface area contributed by atoms with E-state index in [4.69, 9.17) is 9.53 Å². The van der Waals surface area contributed by atoms with Gasteiger partial charge < -0.3 is 9.53 Å². The lowest BCUT2D eigenvalue weighted by Gasteiger charge is -2.27. The predicted molar refractivity (Wildman–Crippen MR) is 64.5 cm³/mol. The third-order valence-corrected chi connectivity index (χ3v) is 7.73. The first-order chi connectivity index (χ1) is 7.01. The average molecular weight is 230 g/mol. The monoisotopic (exact) mass is 230 g/mol. The molecule has 15 heavy (non-hydrogen) atoms. The molecule has 0 amide bonds. The SMILES string of the molecule is C=C(CCO[Si](CC)(CC)CC)C(=O)O. The molecule has 0 saturated heterocycles. The van der Waals surface area contributed by atoms with Gasteiger partial charge in [0.1, 0.15) is 0 Å². The van der Waals surface area contributed by atoms with Crippen molar-refractivity contribution in [3.63, 3.8) is 0 Å². The molecule has 88 valence electrons. The molecule has 0 aliphatic carbocycles. The Hall–Kier alpha value is -0.613. The van der Waals surface area contributed by atoms with E-state index in [-0.39, 0.29) is 5.57 Å². The second-order valence-corrected chi connectivity index (χ2v) is 8.53. The van der Waals surface area contributed by atoms with Crippen LogP contribution in [0.3, 0.4) is 0 Å². The Bertz CT molecular complexity index is 214. The molecule has 4 heteroatoms. The van der Waals surface area contributed by atoms with Gasteiger partial charge >= 0.3 is 5.97 Å². The summed E-state index contributed by atoms with van der Waals surface area (Å²) in [6.07, 6.45) is 0.435. The summed E-state index contributed by atoms with van der Waals surface area (Å²) in [5.74, 6) is -0.921. The van der Waals surface area contributed by atoms with Crippen molar-refractivity contribution in [2.45, 2.75) is 45.3 Å². The molecule has 0 aliphatic heterocycles. The van der Waals surface area contributed by atoms with Crippen molar-refractivity contribution in [2.24, 2.45) is 0 Å². The van der Waals surface area contributed by atoms with Gasteiger partial charge in [-0.15, -0.1) is 0 Å². The van der Waals surface area contributed by atoms with Gasteiger partial charge in [-0.25, -0.2) is 4.79 Å². The van der Waals surface area contributed by atoms with Crippen LogP contribution in [-0.2, 0) is 9.22 Å². The Balaban J connectivity index is 4.02. The van der Waals surface area contributed by atoms with Crippen LogP contribution in [0.2, 0.25) is 18.1 Å². The average Bonchev–Trinajstić information content (AvgIpc) is 2.24. The van der Waals surface area contributed by atoms with Crippen molar-refractivity contribution in [3.8, 4) is 0 Å². The van der Waals surface area contributed by atoms with Gasteiger partial charge in [0.15, 0.2) is 8.32 Å². The molecule has 0 radical (unpaired) electrons. The van der Waals surface area contributed by atoms with E-state index in [1.807, 2.05) is 0 Å². The second kappa shape index (κ2) is 6.79. The molecular formula is C11H22O3Si. The van der Waals surface area contributed by atoms with Crippen LogP contribution in [0.1, 0.15) is 27.2 Å². The molecule has 0 aliphatic rings.